The third-order valence-electron chi connectivity index (χ3n) is 1.87. The fourth-order valence-electron chi connectivity index (χ4n) is 1.21. The molecule has 0 saturated heterocycles. The summed E-state index contributed by atoms with van der Waals surface area (Å²) in [6, 6.07) is 0. The van der Waals surface area contributed by atoms with Gasteiger partial charge in [0.2, 0.25) is 5.75 Å². The molecule has 0 bridgehead atoms. The van der Waals surface area contributed by atoms with Crippen LogP contribution < -0.4 is 4.74 Å². The van der Waals surface area contributed by atoms with E-state index >= 15 is 0 Å². The van der Waals surface area contributed by atoms with Gasteiger partial charge in [-0.1, -0.05) is 0 Å². The van der Waals surface area contributed by atoms with Crippen LogP contribution in [0.25, 0.3) is 0 Å². The molecule has 0 saturated carbocycles. The topological polar surface area (TPSA) is 85.5 Å². The molecule has 88 valence electrons. The lowest BCUT2D eigenvalue weighted by Crippen LogP contribution is -2.05. The van der Waals surface area contributed by atoms with Gasteiger partial charge in [0.15, 0.2) is 5.69 Å². The minimum atomic E-state index is -3.08. The van der Waals surface area contributed by atoms with Gasteiger partial charge in [0.05, 0.1) is 18.6 Å². The zero-order chi connectivity index (χ0) is 12.3. The fraction of sp³-hybridized carbons (Fsp3) is 0.375. The van der Waals surface area contributed by atoms with Crippen molar-refractivity contribution in [3.63, 3.8) is 0 Å². The van der Waals surface area contributed by atoms with Crippen LogP contribution in [0.3, 0.4) is 0 Å². The molecule has 0 atom stereocenters. The van der Waals surface area contributed by atoms with Gasteiger partial charge < -0.3 is 9.84 Å². The van der Waals surface area contributed by atoms with Crippen molar-refractivity contribution in [2.75, 3.05) is 7.11 Å². The first-order valence-electron chi connectivity index (χ1n) is 4.12. The third kappa shape index (κ3) is 2.06. The Morgan fingerprint density at radius 1 is 1.69 bits per heavy atom. The molecule has 1 heterocycles. The van der Waals surface area contributed by atoms with E-state index in [1.54, 1.807) is 0 Å². The van der Waals surface area contributed by atoms with Crippen molar-refractivity contribution in [3.05, 3.63) is 27.6 Å². The molecule has 0 radical (unpaired) electrons. The van der Waals surface area contributed by atoms with Crippen LogP contribution in [0.1, 0.15) is 17.7 Å². The number of hydrogen-bond acceptors (Lipinski definition) is 5. The molecule has 8 heteroatoms. The van der Waals surface area contributed by atoms with E-state index in [0.717, 1.165) is 13.3 Å². The summed E-state index contributed by atoms with van der Waals surface area (Å²) < 4.78 is 29.6. The molecule has 1 aromatic heterocycles. The number of aliphatic hydroxyl groups excluding tert-OH is 1. The molecule has 0 unspecified atom stereocenters. The van der Waals surface area contributed by atoms with Gasteiger partial charge in [-0.15, -0.1) is 0 Å². The van der Waals surface area contributed by atoms with Crippen molar-refractivity contribution in [2.24, 2.45) is 0 Å². The number of pyridine rings is 1. The minimum Gasteiger partial charge on any atom is -0.490 e. The normalized spacial score (nSPS) is 10.6. The minimum absolute atomic E-state index is 0.0152. The van der Waals surface area contributed by atoms with Crippen LogP contribution in [-0.2, 0) is 6.61 Å². The zero-order valence-electron chi connectivity index (χ0n) is 8.18. The highest BCUT2D eigenvalue weighted by Crippen LogP contribution is 2.37. The van der Waals surface area contributed by atoms with Crippen LogP contribution in [0, 0.1) is 10.1 Å². The predicted octanol–water partition coefficient (Wildman–Crippen LogP) is 1.43. The van der Waals surface area contributed by atoms with E-state index in [9.17, 15) is 18.9 Å². The lowest BCUT2D eigenvalue weighted by molar-refractivity contribution is -0.387. The Labute approximate surface area is 88.6 Å². The summed E-state index contributed by atoms with van der Waals surface area (Å²) in [5.74, 6) is -0.391. The van der Waals surface area contributed by atoms with E-state index in [4.69, 9.17) is 5.11 Å². The molecule has 1 aromatic rings. The maximum absolute atomic E-state index is 12.5. The van der Waals surface area contributed by atoms with Crippen molar-refractivity contribution < 1.29 is 23.5 Å². The number of nitro groups is 1. The van der Waals surface area contributed by atoms with E-state index in [1.165, 1.54) is 0 Å². The predicted molar refractivity (Wildman–Crippen MR) is 48.3 cm³/mol. The highest BCUT2D eigenvalue weighted by molar-refractivity contribution is 5.54. The van der Waals surface area contributed by atoms with Gasteiger partial charge in [0.25, 0.3) is 6.43 Å². The van der Waals surface area contributed by atoms with E-state index in [2.05, 4.69) is 9.72 Å². The number of aliphatic hydroxyl groups is 1. The Hall–Kier alpha value is -1.83. The van der Waals surface area contributed by atoms with Gasteiger partial charge in [-0.2, -0.15) is 0 Å². The van der Waals surface area contributed by atoms with Crippen molar-refractivity contribution >= 4 is 5.69 Å². The lowest BCUT2D eigenvalue weighted by atomic mass is 10.2. The monoisotopic (exact) mass is 234 g/mol. The van der Waals surface area contributed by atoms with Crippen LogP contribution in [0.4, 0.5) is 14.5 Å². The number of halogens is 2. The number of rotatable bonds is 4. The van der Waals surface area contributed by atoms with Gasteiger partial charge in [0.1, 0.15) is 0 Å². The highest BCUT2D eigenvalue weighted by Gasteiger charge is 2.30. The number of ether oxygens (including phenoxy) is 1. The second-order valence-corrected chi connectivity index (χ2v) is 2.77. The summed E-state index contributed by atoms with van der Waals surface area (Å²) in [4.78, 5) is 12.9. The first kappa shape index (κ1) is 12.2. The van der Waals surface area contributed by atoms with Crippen molar-refractivity contribution in [1.29, 1.82) is 0 Å². The average Bonchev–Trinajstić information content (AvgIpc) is 2.26. The van der Waals surface area contributed by atoms with Crippen molar-refractivity contribution in [1.82, 2.24) is 4.98 Å². The second kappa shape index (κ2) is 4.79. The number of hydrogen-bond donors (Lipinski definition) is 1. The average molecular weight is 234 g/mol. The summed E-state index contributed by atoms with van der Waals surface area (Å²) >= 11 is 0. The number of aromatic nitrogens is 1. The second-order valence-electron chi connectivity index (χ2n) is 2.77. The molecule has 6 nitrogen and oxygen atoms in total. The molecule has 0 aromatic carbocycles. The molecule has 0 aliphatic carbocycles. The maximum atomic E-state index is 12.5. The smallest absolute Gasteiger partial charge is 0.338 e. The molecule has 0 spiro atoms. The molecule has 1 rings (SSSR count). The first-order valence-corrected chi connectivity index (χ1v) is 4.12. The molecule has 0 amide bonds. The number of methoxy groups -OCH3 is 1. The first-order chi connectivity index (χ1) is 7.52. The highest BCUT2D eigenvalue weighted by atomic mass is 19.3. The Balaban J connectivity index is 3.50. The third-order valence-corrected chi connectivity index (χ3v) is 1.87. The van der Waals surface area contributed by atoms with Crippen LogP contribution in [0.15, 0.2) is 6.20 Å². The molecular formula is C8H8F2N2O4. The SMILES string of the molecule is COc1c(CO)cnc(C(F)F)c1[N+](=O)[O-]. The van der Waals surface area contributed by atoms with Gasteiger partial charge in [-0.3, -0.25) is 10.1 Å². The van der Waals surface area contributed by atoms with Crippen LogP contribution >= 0.6 is 0 Å². The summed E-state index contributed by atoms with van der Waals surface area (Å²) in [7, 11) is 1.09. The summed E-state index contributed by atoms with van der Waals surface area (Å²) in [5, 5.41) is 19.5. The van der Waals surface area contributed by atoms with Gasteiger partial charge >= 0.3 is 5.69 Å². The molecule has 0 fully saturated rings. The number of nitrogens with zero attached hydrogens (tertiary/aromatic N) is 2. The van der Waals surface area contributed by atoms with Crippen LogP contribution in [0.2, 0.25) is 0 Å². The van der Waals surface area contributed by atoms with Crippen molar-refractivity contribution in [2.45, 2.75) is 13.0 Å². The largest absolute Gasteiger partial charge is 0.490 e. The molecule has 0 aliphatic rings. The Bertz CT molecular complexity index is 411. The van der Waals surface area contributed by atoms with Crippen molar-refractivity contribution in [3.8, 4) is 5.75 Å². The van der Waals surface area contributed by atoms with Crippen LogP contribution in [-0.4, -0.2) is 22.1 Å². The molecule has 16 heavy (non-hydrogen) atoms. The molecule has 1 N–H and O–H groups in total. The van der Waals surface area contributed by atoms with E-state index < -0.39 is 35.1 Å². The van der Waals surface area contributed by atoms with E-state index in [0.29, 0.717) is 0 Å². The Morgan fingerprint density at radius 3 is 2.69 bits per heavy atom. The van der Waals surface area contributed by atoms with E-state index in [1.807, 2.05) is 0 Å². The Kier molecular flexibility index (Phi) is 3.67. The van der Waals surface area contributed by atoms with Gasteiger partial charge in [-0.25, -0.2) is 13.8 Å². The quantitative estimate of drug-likeness (QED) is 0.629. The zero-order valence-corrected chi connectivity index (χ0v) is 8.18. The molecule has 0 aliphatic heterocycles. The van der Waals surface area contributed by atoms with Crippen LogP contribution in [0.5, 0.6) is 5.75 Å². The standard InChI is InChI=1S/C8H8F2N2O4/c1-16-7-4(3-13)2-11-5(8(9)10)6(7)12(14)15/h2,8,13H,3H2,1H3. The maximum Gasteiger partial charge on any atom is 0.338 e. The lowest BCUT2D eigenvalue weighted by Gasteiger charge is -2.09. The Morgan fingerprint density at radius 2 is 2.31 bits per heavy atom. The van der Waals surface area contributed by atoms with E-state index in [-0.39, 0.29) is 5.56 Å². The number of alkyl halides is 2. The molecular weight excluding hydrogens is 226 g/mol. The summed E-state index contributed by atoms with van der Waals surface area (Å²) in [6.45, 7) is -0.583. The van der Waals surface area contributed by atoms with Gasteiger partial charge in [-0.05, 0) is 0 Å². The summed E-state index contributed by atoms with van der Waals surface area (Å²) in [5.41, 5.74) is -1.90. The fourth-order valence-corrected chi connectivity index (χ4v) is 1.21. The summed E-state index contributed by atoms with van der Waals surface area (Å²) in [6.07, 6.45) is -2.16. The van der Waals surface area contributed by atoms with Gasteiger partial charge in [0, 0.05) is 11.8 Å².